The number of hydrogen-bond donors (Lipinski definition) is 2. The number of benzene rings is 2. The van der Waals surface area contributed by atoms with Crippen LogP contribution in [-0.2, 0) is 6.54 Å². The maximum absolute atomic E-state index is 11.1. The van der Waals surface area contributed by atoms with E-state index >= 15 is 0 Å². The van der Waals surface area contributed by atoms with Crippen LogP contribution in [0.15, 0.2) is 61.1 Å². The Labute approximate surface area is 169 Å². The number of aliphatic hydroxyl groups excluding tert-OH is 1. The molecule has 0 aliphatic rings. The van der Waals surface area contributed by atoms with Gasteiger partial charge in [0.15, 0.2) is 0 Å². The van der Waals surface area contributed by atoms with Gasteiger partial charge in [0.1, 0.15) is 17.2 Å². The summed E-state index contributed by atoms with van der Waals surface area (Å²) < 4.78 is 12.7. The van der Waals surface area contributed by atoms with E-state index in [9.17, 15) is 9.90 Å². The molecular formula is C22H25N3O4. The first-order valence-electron chi connectivity index (χ1n) is 9.42. The number of methoxy groups -OCH3 is 1. The van der Waals surface area contributed by atoms with Crippen molar-refractivity contribution in [2.45, 2.75) is 25.5 Å². The van der Waals surface area contributed by atoms with Gasteiger partial charge in [-0.15, -0.1) is 0 Å². The van der Waals surface area contributed by atoms with Gasteiger partial charge in [-0.25, -0.2) is 4.98 Å². The predicted octanol–water partition coefficient (Wildman–Crippen LogP) is 2.88. The molecule has 0 aliphatic carbocycles. The molecule has 0 bridgehead atoms. The highest BCUT2D eigenvalue weighted by molar-refractivity contribution is 5.90. The molecule has 0 fully saturated rings. The predicted molar refractivity (Wildman–Crippen MR) is 110 cm³/mol. The van der Waals surface area contributed by atoms with Crippen LogP contribution >= 0.6 is 0 Å². The first-order chi connectivity index (χ1) is 14.0. The Bertz CT molecular complexity index is 937. The van der Waals surface area contributed by atoms with Crippen LogP contribution in [0.3, 0.4) is 0 Å². The standard InChI is InChI=1S/C22H25N3O4/c1-28-19-9-7-16(8-10-19)17-4-2-6-20(12-17)29-11-3-5-18(26)13-25-14-21(22(23)27)24-15-25/h2,4,6-10,12,14-15,18,26H,3,5,11,13H2,1H3,(H2,23,27)/t18-/m0/s1. The molecule has 1 heterocycles. The molecular weight excluding hydrogens is 370 g/mol. The van der Waals surface area contributed by atoms with Crippen molar-refractivity contribution in [3.63, 3.8) is 0 Å². The first kappa shape index (κ1) is 20.4. The molecule has 7 heteroatoms. The molecule has 152 valence electrons. The van der Waals surface area contributed by atoms with E-state index in [2.05, 4.69) is 4.98 Å². The number of carbonyl (C=O) groups excluding carboxylic acids is 1. The Morgan fingerprint density at radius 1 is 1.17 bits per heavy atom. The van der Waals surface area contributed by atoms with Crippen molar-refractivity contribution in [1.29, 1.82) is 0 Å². The van der Waals surface area contributed by atoms with Crippen LogP contribution in [0.25, 0.3) is 11.1 Å². The summed E-state index contributed by atoms with van der Waals surface area (Å²) in [7, 11) is 1.65. The van der Waals surface area contributed by atoms with Gasteiger partial charge in [0.25, 0.3) is 5.91 Å². The van der Waals surface area contributed by atoms with Gasteiger partial charge >= 0.3 is 0 Å². The van der Waals surface area contributed by atoms with Crippen LogP contribution in [0.4, 0.5) is 0 Å². The Kier molecular flexibility index (Phi) is 6.86. The number of aliphatic hydroxyl groups is 1. The lowest BCUT2D eigenvalue weighted by Crippen LogP contribution is -2.16. The summed E-state index contributed by atoms with van der Waals surface area (Å²) in [6.45, 7) is 0.854. The summed E-state index contributed by atoms with van der Waals surface area (Å²) >= 11 is 0. The van der Waals surface area contributed by atoms with Crippen molar-refractivity contribution in [1.82, 2.24) is 9.55 Å². The normalized spacial score (nSPS) is 11.8. The average Bonchev–Trinajstić information content (AvgIpc) is 3.20. The number of carbonyl (C=O) groups is 1. The minimum atomic E-state index is -0.580. The second-order valence-electron chi connectivity index (χ2n) is 6.72. The fourth-order valence-corrected chi connectivity index (χ4v) is 2.98. The van der Waals surface area contributed by atoms with Gasteiger partial charge in [0.05, 0.1) is 26.1 Å². The van der Waals surface area contributed by atoms with Crippen molar-refractivity contribution >= 4 is 5.91 Å². The van der Waals surface area contributed by atoms with E-state index in [0.717, 1.165) is 22.6 Å². The van der Waals surface area contributed by atoms with Crippen LogP contribution in [0.2, 0.25) is 0 Å². The minimum absolute atomic E-state index is 0.192. The lowest BCUT2D eigenvalue weighted by atomic mass is 10.1. The summed E-state index contributed by atoms with van der Waals surface area (Å²) in [6, 6.07) is 15.8. The smallest absolute Gasteiger partial charge is 0.268 e. The van der Waals surface area contributed by atoms with E-state index in [1.165, 1.54) is 12.5 Å². The Balaban J connectivity index is 1.45. The Morgan fingerprint density at radius 3 is 2.66 bits per heavy atom. The van der Waals surface area contributed by atoms with Gasteiger partial charge in [-0.3, -0.25) is 4.79 Å². The van der Waals surface area contributed by atoms with Gasteiger partial charge in [-0.2, -0.15) is 0 Å². The van der Waals surface area contributed by atoms with Crippen molar-refractivity contribution in [3.05, 3.63) is 66.7 Å². The second-order valence-corrected chi connectivity index (χ2v) is 6.72. The molecule has 0 aliphatic heterocycles. The highest BCUT2D eigenvalue weighted by atomic mass is 16.5. The molecule has 1 aromatic heterocycles. The van der Waals surface area contributed by atoms with Crippen LogP contribution in [0.1, 0.15) is 23.3 Å². The van der Waals surface area contributed by atoms with Gasteiger partial charge in [0.2, 0.25) is 0 Å². The molecule has 0 spiro atoms. The minimum Gasteiger partial charge on any atom is -0.497 e. The number of nitrogens with two attached hydrogens (primary N) is 1. The largest absolute Gasteiger partial charge is 0.497 e. The van der Waals surface area contributed by atoms with Crippen LogP contribution in [0.5, 0.6) is 11.5 Å². The third-order valence-corrected chi connectivity index (χ3v) is 4.52. The number of nitrogens with zero attached hydrogens (tertiary/aromatic N) is 2. The maximum Gasteiger partial charge on any atom is 0.268 e. The number of hydrogen-bond acceptors (Lipinski definition) is 5. The number of aromatic nitrogens is 2. The Hall–Kier alpha value is -3.32. The molecule has 2 aromatic carbocycles. The highest BCUT2D eigenvalue weighted by Crippen LogP contribution is 2.25. The first-order valence-corrected chi connectivity index (χ1v) is 9.42. The molecule has 3 rings (SSSR count). The zero-order chi connectivity index (χ0) is 20.6. The van der Waals surface area contributed by atoms with Crippen molar-refractivity contribution in [2.75, 3.05) is 13.7 Å². The molecule has 1 atom stereocenters. The number of amides is 1. The van der Waals surface area contributed by atoms with Crippen molar-refractivity contribution in [3.8, 4) is 22.6 Å². The molecule has 0 saturated carbocycles. The molecule has 3 aromatic rings. The molecule has 0 saturated heterocycles. The number of rotatable bonds is 10. The van der Waals surface area contributed by atoms with Gasteiger partial charge in [-0.1, -0.05) is 24.3 Å². The van der Waals surface area contributed by atoms with E-state index in [1.807, 2.05) is 48.5 Å². The summed E-state index contributed by atoms with van der Waals surface area (Å²) in [5.74, 6) is 1.03. The Morgan fingerprint density at radius 2 is 1.97 bits per heavy atom. The fourth-order valence-electron chi connectivity index (χ4n) is 2.98. The number of imidazole rings is 1. The van der Waals surface area contributed by atoms with Gasteiger partial charge in [0, 0.05) is 12.7 Å². The molecule has 3 N–H and O–H groups in total. The van der Waals surface area contributed by atoms with Gasteiger partial charge in [-0.05, 0) is 48.2 Å². The van der Waals surface area contributed by atoms with E-state index < -0.39 is 12.0 Å². The summed E-state index contributed by atoms with van der Waals surface area (Å²) in [5.41, 5.74) is 7.52. The monoisotopic (exact) mass is 395 g/mol. The zero-order valence-electron chi connectivity index (χ0n) is 16.3. The van der Waals surface area contributed by atoms with E-state index in [-0.39, 0.29) is 5.69 Å². The summed E-state index contributed by atoms with van der Waals surface area (Å²) in [5, 5.41) is 10.2. The SMILES string of the molecule is COc1ccc(-c2cccc(OCCC[C@H](O)Cn3cnc(C(N)=O)c3)c2)cc1. The van der Waals surface area contributed by atoms with Crippen molar-refractivity contribution in [2.24, 2.45) is 5.73 Å². The highest BCUT2D eigenvalue weighted by Gasteiger charge is 2.09. The number of ether oxygens (including phenoxy) is 2. The van der Waals surface area contributed by atoms with Crippen molar-refractivity contribution < 1.29 is 19.4 Å². The average molecular weight is 395 g/mol. The third kappa shape index (κ3) is 5.83. The molecule has 0 radical (unpaired) electrons. The fraction of sp³-hybridized carbons (Fsp3) is 0.273. The zero-order valence-corrected chi connectivity index (χ0v) is 16.3. The van der Waals surface area contributed by atoms with E-state index in [4.69, 9.17) is 15.2 Å². The quantitative estimate of drug-likeness (QED) is 0.514. The van der Waals surface area contributed by atoms with E-state index in [0.29, 0.717) is 26.0 Å². The van der Waals surface area contributed by atoms with Gasteiger partial charge < -0.3 is 24.9 Å². The molecule has 1 amide bonds. The van der Waals surface area contributed by atoms with Crippen LogP contribution < -0.4 is 15.2 Å². The molecule has 7 nitrogen and oxygen atoms in total. The van der Waals surface area contributed by atoms with E-state index in [1.54, 1.807) is 11.7 Å². The third-order valence-electron chi connectivity index (χ3n) is 4.52. The lowest BCUT2D eigenvalue weighted by Gasteiger charge is -2.12. The maximum atomic E-state index is 11.1. The van der Waals surface area contributed by atoms with Crippen LogP contribution in [-0.4, -0.2) is 40.4 Å². The lowest BCUT2D eigenvalue weighted by molar-refractivity contribution is 0.0995. The second kappa shape index (κ2) is 9.75. The van der Waals surface area contributed by atoms with Crippen LogP contribution in [0, 0.1) is 0 Å². The topological polar surface area (TPSA) is 99.6 Å². The summed E-state index contributed by atoms with van der Waals surface area (Å²) in [6.07, 6.45) is 3.74. The molecule has 0 unspecified atom stereocenters. The number of primary amides is 1. The molecule has 29 heavy (non-hydrogen) atoms. The summed E-state index contributed by atoms with van der Waals surface area (Å²) in [4.78, 5) is 14.9.